The van der Waals surface area contributed by atoms with Gasteiger partial charge in [-0.3, -0.25) is 4.79 Å². The van der Waals surface area contributed by atoms with Gasteiger partial charge in [0.2, 0.25) is 5.95 Å². The minimum absolute atomic E-state index is 0.231. The molecule has 0 atom stereocenters. The number of rotatable bonds is 7. The zero-order valence-electron chi connectivity index (χ0n) is 16.9. The molecule has 150 valence electrons. The Kier molecular flexibility index (Phi) is 6.29. The number of amides is 1. The maximum Gasteiger partial charge on any atom is 0.274 e. The molecule has 0 unspecified atom stereocenters. The number of nitrogens with one attached hydrogen (secondary N) is 2. The maximum atomic E-state index is 12.7. The van der Waals surface area contributed by atoms with Gasteiger partial charge in [0, 0.05) is 18.0 Å². The fourth-order valence-corrected chi connectivity index (χ4v) is 2.88. The van der Waals surface area contributed by atoms with Crippen LogP contribution in [0.1, 0.15) is 35.8 Å². The Morgan fingerprint density at radius 2 is 1.79 bits per heavy atom. The van der Waals surface area contributed by atoms with E-state index in [1.165, 1.54) is 7.11 Å². The Morgan fingerprint density at radius 3 is 2.52 bits per heavy atom. The zero-order chi connectivity index (χ0) is 20.8. The number of carbonyl (C=O) groups is 1. The van der Waals surface area contributed by atoms with Crippen molar-refractivity contribution in [3.63, 3.8) is 0 Å². The van der Waals surface area contributed by atoms with Crippen molar-refractivity contribution in [2.75, 3.05) is 24.9 Å². The standard InChI is InChI=1S/C22H24N4O3/c1-14(2)16-7-5-6-8-17(16)25-22-23-12-11-18(26-22)21(27)24-19-13-15(28-3)9-10-20(19)29-4/h5-14H,1-4H3,(H,24,27)(H,23,25,26). The lowest BCUT2D eigenvalue weighted by atomic mass is 10.0. The van der Waals surface area contributed by atoms with Crippen molar-refractivity contribution in [2.45, 2.75) is 19.8 Å². The lowest BCUT2D eigenvalue weighted by Gasteiger charge is -2.14. The number of carbonyl (C=O) groups excluding carboxylic acids is 1. The van der Waals surface area contributed by atoms with Gasteiger partial charge in [0.15, 0.2) is 0 Å². The highest BCUT2D eigenvalue weighted by molar-refractivity contribution is 6.04. The molecule has 0 saturated carbocycles. The highest BCUT2D eigenvalue weighted by atomic mass is 16.5. The third-order valence-electron chi connectivity index (χ3n) is 4.37. The Morgan fingerprint density at radius 1 is 1.00 bits per heavy atom. The van der Waals surface area contributed by atoms with Gasteiger partial charge in [-0.25, -0.2) is 9.97 Å². The molecule has 29 heavy (non-hydrogen) atoms. The van der Waals surface area contributed by atoms with Gasteiger partial charge >= 0.3 is 0 Å². The van der Waals surface area contributed by atoms with E-state index in [9.17, 15) is 4.79 Å². The number of methoxy groups -OCH3 is 2. The molecule has 1 heterocycles. The van der Waals surface area contributed by atoms with Gasteiger partial charge < -0.3 is 20.1 Å². The number of para-hydroxylation sites is 1. The number of nitrogens with zero attached hydrogens (tertiary/aromatic N) is 2. The lowest BCUT2D eigenvalue weighted by Crippen LogP contribution is -2.15. The maximum absolute atomic E-state index is 12.7. The summed E-state index contributed by atoms with van der Waals surface area (Å²) in [6.07, 6.45) is 1.55. The average molecular weight is 392 g/mol. The highest BCUT2D eigenvalue weighted by Crippen LogP contribution is 2.29. The first-order valence-corrected chi connectivity index (χ1v) is 9.24. The van der Waals surface area contributed by atoms with Crippen molar-refractivity contribution in [3.05, 3.63) is 66.0 Å². The fraction of sp³-hybridized carbons (Fsp3) is 0.227. The van der Waals surface area contributed by atoms with Crippen LogP contribution in [-0.4, -0.2) is 30.1 Å². The van der Waals surface area contributed by atoms with Gasteiger partial charge in [0.25, 0.3) is 5.91 Å². The molecule has 0 aliphatic heterocycles. The van der Waals surface area contributed by atoms with Crippen molar-refractivity contribution in [2.24, 2.45) is 0 Å². The molecule has 0 aliphatic carbocycles. The van der Waals surface area contributed by atoms with E-state index in [1.807, 2.05) is 18.2 Å². The molecule has 0 fully saturated rings. The van der Waals surface area contributed by atoms with Crippen LogP contribution in [0.3, 0.4) is 0 Å². The molecule has 0 bridgehead atoms. The summed E-state index contributed by atoms with van der Waals surface area (Å²) < 4.78 is 10.5. The molecule has 3 aromatic rings. The molecule has 7 heteroatoms. The van der Waals surface area contributed by atoms with E-state index in [2.05, 4.69) is 40.5 Å². The smallest absolute Gasteiger partial charge is 0.274 e. The predicted octanol–water partition coefficient (Wildman–Crippen LogP) is 4.61. The first kappa shape index (κ1) is 20.1. The third-order valence-corrected chi connectivity index (χ3v) is 4.37. The highest BCUT2D eigenvalue weighted by Gasteiger charge is 2.14. The number of hydrogen-bond acceptors (Lipinski definition) is 6. The van der Waals surface area contributed by atoms with E-state index in [-0.39, 0.29) is 11.6 Å². The summed E-state index contributed by atoms with van der Waals surface area (Å²) in [4.78, 5) is 21.3. The van der Waals surface area contributed by atoms with Crippen LogP contribution in [0.2, 0.25) is 0 Å². The summed E-state index contributed by atoms with van der Waals surface area (Å²) >= 11 is 0. The third kappa shape index (κ3) is 4.82. The van der Waals surface area contributed by atoms with E-state index in [4.69, 9.17) is 9.47 Å². The monoisotopic (exact) mass is 392 g/mol. The summed E-state index contributed by atoms with van der Waals surface area (Å²) in [5.74, 6) is 1.45. The van der Waals surface area contributed by atoms with Crippen LogP contribution in [-0.2, 0) is 0 Å². The number of benzene rings is 2. The van der Waals surface area contributed by atoms with E-state index in [0.717, 1.165) is 11.3 Å². The zero-order valence-corrected chi connectivity index (χ0v) is 16.9. The second kappa shape index (κ2) is 9.05. The fourth-order valence-electron chi connectivity index (χ4n) is 2.88. The molecule has 1 amide bonds. The van der Waals surface area contributed by atoms with Crippen LogP contribution in [0.15, 0.2) is 54.7 Å². The minimum Gasteiger partial charge on any atom is -0.497 e. The van der Waals surface area contributed by atoms with Crippen LogP contribution >= 0.6 is 0 Å². The summed E-state index contributed by atoms with van der Waals surface area (Å²) in [5.41, 5.74) is 2.78. The van der Waals surface area contributed by atoms with Crippen LogP contribution in [0.25, 0.3) is 0 Å². The van der Waals surface area contributed by atoms with Gasteiger partial charge in [-0.15, -0.1) is 0 Å². The number of anilines is 3. The molecule has 0 spiro atoms. The minimum atomic E-state index is -0.376. The van der Waals surface area contributed by atoms with Crippen molar-refractivity contribution < 1.29 is 14.3 Å². The summed E-state index contributed by atoms with van der Waals surface area (Å²) in [6.45, 7) is 4.24. The van der Waals surface area contributed by atoms with Gasteiger partial charge in [-0.2, -0.15) is 0 Å². The van der Waals surface area contributed by atoms with E-state index < -0.39 is 0 Å². The molecular formula is C22H24N4O3. The summed E-state index contributed by atoms with van der Waals surface area (Å²) in [6, 6.07) is 14.7. The second-order valence-corrected chi connectivity index (χ2v) is 6.65. The molecule has 0 aliphatic rings. The molecule has 2 aromatic carbocycles. The molecule has 0 radical (unpaired) electrons. The lowest BCUT2D eigenvalue weighted by molar-refractivity contribution is 0.102. The summed E-state index contributed by atoms with van der Waals surface area (Å²) in [5, 5.41) is 6.02. The van der Waals surface area contributed by atoms with Crippen molar-refractivity contribution in [1.82, 2.24) is 9.97 Å². The van der Waals surface area contributed by atoms with Crippen LogP contribution < -0.4 is 20.1 Å². The quantitative estimate of drug-likeness (QED) is 0.611. The van der Waals surface area contributed by atoms with Crippen molar-refractivity contribution in [1.29, 1.82) is 0 Å². The van der Waals surface area contributed by atoms with E-state index in [0.29, 0.717) is 29.1 Å². The molecule has 7 nitrogen and oxygen atoms in total. The van der Waals surface area contributed by atoms with Crippen LogP contribution in [0.4, 0.5) is 17.3 Å². The molecular weight excluding hydrogens is 368 g/mol. The van der Waals surface area contributed by atoms with Gasteiger partial charge in [0.05, 0.1) is 19.9 Å². The number of aromatic nitrogens is 2. The number of ether oxygens (including phenoxy) is 2. The Labute approximate surface area is 170 Å². The Balaban J connectivity index is 1.82. The van der Waals surface area contributed by atoms with Gasteiger partial charge in [-0.05, 0) is 35.7 Å². The van der Waals surface area contributed by atoms with Gasteiger partial charge in [-0.1, -0.05) is 32.0 Å². The molecule has 0 saturated heterocycles. The van der Waals surface area contributed by atoms with Crippen molar-refractivity contribution in [3.8, 4) is 11.5 Å². The molecule has 3 rings (SSSR count). The van der Waals surface area contributed by atoms with Crippen LogP contribution in [0, 0.1) is 0 Å². The van der Waals surface area contributed by atoms with E-state index >= 15 is 0 Å². The van der Waals surface area contributed by atoms with Crippen LogP contribution in [0.5, 0.6) is 11.5 Å². The first-order valence-electron chi connectivity index (χ1n) is 9.24. The van der Waals surface area contributed by atoms with Crippen molar-refractivity contribution >= 4 is 23.2 Å². The molecule has 1 aromatic heterocycles. The summed E-state index contributed by atoms with van der Waals surface area (Å²) in [7, 11) is 3.10. The Bertz CT molecular complexity index is 1000. The average Bonchev–Trinajstić information content (AvgIpc) is 2.74. The first-order chi connectivity index (χ1) is 14.0. The van der Waals surface area contributed by atoms with E-state index in [1.54, 1.807) is 37.6 Å². The topological polar surface area (TPSA) is 85.4 Å². The number of hydrogen-bond donors (Lipinski definition) is 2. The predicted molar refractivity (Wildman–Crippen MR) is 113 cm³/mol. The molecule has 2 N–H and O–H groups in total. The van der Waals surface area contributed by atoms with Gasteiger partial charge in [0.1, 0.15) is 17.2 Å². The largest absolute Gasteiger partial charge is 0.497 e. The normalized spacial score (nSPS) is 10.5. The Hall–Kier alpha value is -3.61. The SMILES string of the molecule is COc1ccc(OC)c(NC(=O)c2ccnc(Nc3ccccc3C(C)C)n2)c1. The second-order valence-electron chi connectivity index (χ2n) is 6.65.